The molecule has 2 rings (SSSR count). The van der Waals surface area contributed by atoms with Crippen LogP contribution in [0, 0.1) is 0 Å². The minimum atomic E-state index is 0.0638. The normalized spacial score (nSPS) is 10.3. The molecule has 0 aromatic heterocycles. The summed E-state index contributed by atoms with van der Waals surface area (Å²) < 4.78 is 5.75. The number of thioether (sulfide) groups is 1. The Labute approximate surface area is 124 Å². The Morgan fingerprint density at radius 2 is 1.55 bits per heavy atom. The maximum atomic E-state index is 11.2. The zero-order valence-electron chi connectivity index (χ0n) is 11.8. The highest BCUT2D eigenvalue weighted by molar-refractivity contribution is 7.99. The SMILES string of the molecule is CCCSc1ccc(Oc2ccc(C(C)=O)cc2)cc1. The first kappa shape index (κ1) is 14.7. The van der Waals surface area contributed by atoms with Crippen molar-refractivity contribution in [3.63, 3.8) is 0 Å². The number of ether oxygens (including phenoxy) is 1. The van der Waals surface area contributed by atoms with E-state index in [9.17, 15) is 4.79 Å². The van der Waals surface area contributed by atoms with Gasteiger partial charge < -0.3 is 4.74 Å². The third kappa shape index (κ3) is 4.14. The van der Waals surface area contributed by atoms with Crippen molar-refractivity contribution in [3.05, 3.63) is 54.1 Å². The molecule has 0 fully saturated rings. The van der Waals surface area contributed by atoms with E-state index in [4.69, 9.17) is 4.74 Å². The fourth-order valence-electron chi connectivity index (χ4n) is 1.72. The van der Waals surface area contributed by atoms with Gasteiger partial charge in [-0.05, 0) is 67.6 Å². The molecular formula is C17H18O2S. The minimum Gasteiger partial charge on any atom is -0.457 e. The Balaban J connectivity index is 2.00. The monoisotopic (exact) mass is 286 g/mol. The zero-order valence-corrected chi connectivity index (χ0v) is 12.6. The predicted molar refractivity (Wildman–Crippen MR) is 84.0 cm³/mol. The van der Waals surface area contributed by atoms with Gasteiger partial charge in [-0.15, -0.1) is 11.8 Å². The molecule has 0 amide bonds. The Morgan fingerprint density at radius 1 is 1.00 bits per heavy atom. The molecule has 2 aromatic carbocycles. The highest BCUT2D eigenvalue weighted by atomic mass is 32.2. The molecule has 0 unspecified atom stereocenters. The van der Waals surface area contributed by atoms with Gasteiger partial charge in [-0.2, -0.15) is 0 Å². The van der Waals surface area contributed by atoms with Gasteiger partial charge in [-0.25, -0.2) is 0 Å². The summed E-state index contributed by atoms with van der Waals surface area (Å²) in [7, 11) is 0. The first-order chi connectivity index (χ1) is 9.69. The van der Waals surface area contributed by atoms with Crippen LogP contribution in [-0.4, -0.2) is 11.5 Å². The summed E-state index contributed by atoms with van der Waals surface area (Å²) in [5.41, 5.74) is 0.698. The van der Waals surface area contributed by atoms with Crippen molar-refractivity contribution >= 4 is 17.5 Å². The van der Waals surface area contributed by atoms with Crippen LogP contribution >= 0.6 is 11.8 Å². The van der Waals surface area contributed by atoms with Gasteiger partial charge in [-0.1, -0.05) is 6.92 Å². The van der Waals surface area contributed by atoms with Crippen LogP contribution in [0.4, 0.5) is 0 Å². The minimum absolute atomic E-state index is 0.0638. The van der Waals surface area contributed by atoms with Crippen molar-refractivity contribution in [2.75, 3.05) is 5.75 Å². The van der Waals surface area contributed by atoms with Gasteiger partial charge in [-0.3, -0.25) is 4.79 Å². The largest absolute Gasteiger partial charge is 0.457 e. The molecule has 0 saturated heterocycles. The van der Waals surface area contributed by atoms with Crippen LogP contribution in [0.1, 0.15) is 30.6 Å². The van der Waals surface area contributed by atoms with Gasteiger partial charge in [0.15, 0.2) is 5.78 Å². The van der Waals surface area contributed by atoms with Crippen LogP contribution in [0.15, 0.2) is 53.4 Å². The summed E-state index contributed by atoms with van der Waals surface area (Å²) in [5, 5.41) is 0. The molecule has 0 heterocycles. The number of Topliss-reactive ketones (excluding diaryl/α,β-unsaturated/α-hetero) is 1. The second-order valence-corrected chi connectivity index (χ2v) is 5.67. The zero-order chi connectivity index (χ0) is 14.4. The lowest BCUT2D eigenvalue weighted by atomic mass is 10.1. The summed E-state index contributed by atoms with van der Waals surface area (Å²) in [6, 6.07) is 15.3. The fourth-order valence-corrected chi connectivity index (χ4v) is 2.49. The predicted octanol–water partition coefficient (Wildman–Crippen LogP) is 5.18. The molecular weight excluding hydrogens is 268 g/mol. The smallest absolute Gasteiger partial charge is 0.159 e. The number of rotatable bonds is 6. The highest BCUT2D eigenvalue weighted by Crippen LogP contribution is 2.25. The van der Waals surface area contributed by atoms with Gasteiger partial charge >= 0.3 is 0 Å². The van der Waals surface area contributed by atoms with E-state index >= 15 is 0 Å². The molecule has 0 atom stereocenters. The number of carbonyl (C=O) groups excluding carboxylic acids is 1. The van der Waals surface area contributed by atoms with E-state index in [1.807, 2.05) is 36.0 Å². The summed E-state index contributed by atoms with van der Waals surface area (Å²) in [5.74, 6) is 2.74. The molecule has 3 heteroatoms. The first-order valence-corrected chi connectivity index (χ1v) is 7.69. The number of ketones is 1. The third-order valence-electron chi connectivity index (χ3n) is 2.79. The van der Waals surface area contributed by atoms with Crippen molar-refractivity contribution < 1.29 is 9.53 Å². The molecule has 0 bridgehead atoms. The number of hydrogen-bond donors (Lipinski definition) is 0. The van der Waals surface area contributed by atoms with Crippen LogP contribution in [-0.2, 0) is 0 Å². The summed E-state index contributed by atoms with van der Waals surface area (Å²) in [4.78, 5) is 12.5. The van der Waals surface area contributed by atoms with Crippen LogP contribution in [0.2, 0.25) is 0 Å². The van der Waals surface area contributed by atoms with E-state index in [-0.39, 0.29) is 5.78 Å². The molecule has 0 spiro atoms. The second-order valence-electron chi connectivity index (χ2n) is 4.50. The Hall–Kier alpha value is -1.74. The lowest BCUT2D eigenvalue weighted by Crippen LogP contribution is -1.91. The van der Waals surface area contributed by atoms with E-state index in [2.05, 4.69) is 19.1 Å². The van der Waals surface area contributed by atoms with E-state index in [1.165, 1.54) is 11.3 Å². The van der Waals surface area contributed by atoms with Crippen molar-refractivity contribution in [2.24, 2.45) is 0 Å². The van der Waals surface area contributed by atoms with Crippen molar-refractivity contribution in [1.82, 2.24) is 0 Å². The standard InChI is InChI=1S/C17H18O2S/c1-3-12-20-17-10-8-16(9-11-17)19-15-6-4-14(5-7-15)13(2)18/h4-11H,3,12H2,1-2H3. The van der Waals surface area contributed by atoms with Gasteiger partial charge in [0.25, 0.3) is 0 Å². The van der Waals surface area contributed by atoms with Gasteiger partial charge in [0.2, 0.25) is 0 Å². The van der Waals surface area contributed by atoms with Crippen LogP contribution in [0.5, 0.6) is 11.5 Å². The maximum absolute atomic E-state index is 11.2. The van der Waals surface area contributed by atoms with Crippen LogP contribution < -0.4 is 4.74 Å². The quantitative estimate of drug-likeness (QED) is 0.540. The van der Waals surface area contributed by atoms with Crippen molar-refractivity contribution in [3.8, 4) is 11.5 Å². The third-order valence-corrected chi connectivity index (χ3v) is 4.01. The van der Waals surface area contributed by atoms with Crippen molar-refractivity contribution in [1.29, 1.82) is 0 Å². The topological polar surface area (TPSA) is 26.3 Å². The van der Waals surface area contributed by atoms with Crippen molar-refractivity contribution in [2.45, 2.75) is 25.2 Å². The molecule has 0 aliphatic carbocycles. The highest BCUT2D eigenvalue weighted by Gasteiger charge is 2.01. The second kappa shape index (κ2) is 7.15. The lowest BCUT2D eigenvalue weighted by molar-refractivity contribution is 0.101. The van der Waals surface area contributed by atoms with Gasteiger partial charge in [0, 0.05) is 10.5 Å². The average molecular weight is 286 g/mol. The first-order valence-electron chi connectivity index (χ1n) is 6.71. The van der Waals surface area contributed by atoms with E-state index < -0.39 is 0 Å². The molecule has 0 aliphatic rings. The molecule has 0 N–H and O–H groups in total. The molecule has 0 aliphatic heterocycles. The summed E-state index contributed by atoms with van der Waals surface area (Å²) in [6.07, 6.45) is 1.17. The molecule has 2 aromatic rings. The maximum Gasteiger partial charge on any atom is 0.159 e. The van der Waals surface area contributed by atoms with Gasteiger partial charge in [0.05, 0.1) is 0 Å². The summed E-state index contributed by atoms with van der Waals surface area (Å²) in [6.45, 7) is 3.73. The van der Waals surface area contributed by atoms with E-state index in [1.54, 1.807) is 19.1 Å². The average Bonchev–Trinajstić information content (AvgIpc) is 2.47. The van der Waals surface area contributed by atoms with Crippen LogP contribution in [0.25, 0.3) is 0 Å². The molecule has 0 radical (unpaired) electrons. The number of benzene rings is 2. The Morgan fingerprint density at radius 3 is 2.05 bits per heavy atom. The number of hydrogen-bond acceptors (Lipinski definition) is 3. The fraction of sp³-hybridized carbons (Fsp3) is 0.235. The molecule has 0 saturated carbocycles. The van der Waals surface area contributed by atoms with Gasteiger partial charge in [0.1, 0.15) is 11.5 Å². The number of carbonyl (C=O) groups is 1. The Kier molecular flexibility index (Phi) is 5.24. The lowest BCUT2D eigenvalue weighted by Gasteiger charge is -2.07. The molecule has 2 nitrogen and oxygen atoms in total. The van der Waals surface area contributed by atoms with Crippen LogP contribution in [0.3, 0.4) is 0 Å². The van der Waals surface area contributed by atoms with E-state index in [0.717, 1.165) is 17.3 Å². The summed E-state index contributed by atoms with van der Waals surface area (Å²) >= 11 is 1.85. The van der Waals surface area contributed by atoms with E-state index in [0.29, 0.717) is 5.56 Å². The Bertz CT molecular complexity index is 559. The molecule has 104 valence electrons. The molecule has 20 heavy (non-hydrogen) atoms.